The number of aryl methyl sites for hydroxylation is 1. The Morgan fingerprint density at radius 1 is 1.16 bits per heavy atom. The summed E-state index contributed by atoms with van der Waals surface area (Å²) in [7, 11) is 1.78. The van der Waals surface area contributed by atoms with Gasteiger partial charge in [0.2, 0.25) is 0 Å². The van der Waals surface area contributed by atoms with E-state index in [0.717, 1.165) is 8.95 Å². The van der Waals surface area contributed by atoms with Gasteiger partial charge in [0.25, 0.3) is 5.91 Å². The van der Waals surface area contributed by atoms with Crippen LogP contribution >= 0.6 is 31.9 Å². The minimum absolute atomic E-state index is 0.203. The normalized spacial score (nSPS) is 12.0. The first-order chi connectivity index (χ1) is 11.9. The number of rotatable bonds is 4. The average molecular weight is 466 g/mol. The highest BCUT2D eigenvalue weighted by molar-refractivity contribution is 9.11. The van der Waals surface area contributed by atoms with Crippen LogP contribution in [-0.2, 0) is 7.05 Å². The Balaban J connectivity index is 1.86. The quantitative estimate of drug-likeness (QED) is 0.638. The van der Waals surface area contributed by atoms with Crippen LogP contribution in [-0.4, -0.2) is 30.9 Å². The van der Waals surface area contributed by atoms with E-state index in [2.05, 4.69) is 57.5 Å². The van der Waals surface area contributed by atoms with Crippen LogP contribution < -0.4 is 5.32 Å². The lowest BCUT2D eigenvalue weighted by atomic mass is 10.1. The molecule has 128 valence electrons. The van der Waals surface area contributed by atoms with Gasteiger partial charge >= 0.3 is 0 Å². The van der Waals surface area contributed by atoms with E-state index in [4.69, 9.17) is 0 Å². The summed E-state index contributed by atoms with van der Waals surface area (Å²) in [5.74, 6) is -0.203. The first-order valence-corrected chi connectivity index (χ1v) is 8.97. The smallest absolute Gasteiger partial charge is 0.251 e. The van der Waals surface area contributed by atoms with Crippen molar-refractivity contribution in [1.29, 1.82) is 0 Å². The van der Waals surface area contributed by atoms with Crippen molar-refractivity contribution < 1.29 is 4.79 Å². The van der Waals surface area contributed by atoms with Gasteiger partial charge in [-0.15, -0.1) is 5.10 Å². The topological polar surface area (TPSA) is 85.6 Å². The summed E-state index contributed by atoms with van der Waals surface area (Å²) >= 11 is 6.77. The molecule has 1 amide bonds. The molecule has 9 heteroatoms. The van der Waals surface area contributed by atoms with Crippen molar-refractivity contribution in [3.05, 3.63) is 57.0 Å². The molecule has 7 nitrogen and oxygen atoms in total. The van der Waals surface area contributed by atoms with Crippen molar-refractivity contribution in [2.45, 2.75) is 13.0 Å². The summed E-state index contributed by atoms with van der Waals surface area (Å²) in [5, 5.41) is 10.9. The standard InChI is InChI=1S/C16H14Br2N6O/c1-9(21-16(25)10-5-11(17)7-12(18)6-10)14-15(20-4-3-19-14)13-8-24(2)23-22-13/h3-9H,1-2H3,(H,21,25). The van der Waals surface area contributed by atoms with Crippen LogP contribution in [0.5, 0.6) is 0 Å². The minimum atomic E-state index is -0.351. The van der Waals surface area contributed by atoms with Gasteiger partial charge in [0.1, 0.15) is 11.4 Å². The zero-order valence-corrected chi connectivity index (χ0v) is 16.6. The molecule has 0 aliphatic heterocycles. The van der Waals surface area contributed by atoms with Crippen LogP contribution in [0.1, 0.15) is 29.0 Å². The number of nitrogens with one attached hydrogen (secondary N) is 1. The van der Waals surface area contributed by atoms with E-state index >= 15 is 0 Å². The first kappa shape index (κ1) is 17.7. The summed E-state index contributed by atoms with van der Waals surface area (Å²) in [5.41, 5.74) is 2.37. The maximum absolute atomic E-state index is 12.6. The molecule has 25 heavy (non-hydrogen) atoms. The van der Waals surface area contributed by atoms with E-state index in [1.807, 2.05) is 13.0 Å². The van der Waals surface area contributed by atoms with Crippen molar-refractivity contribution in [1.82, 2.24) is 30.3 Å². The Labute approximate surface area is 161 Å². The summed E-state index contributed by atoms with van der Waals surface area (Å²) in [6.45, 7) is 1.86. The fourth-order valence-electron chi connectivity index (χ4n) is 2.35. The second-order valence-electron chi connectivity index (χ2n) is 5.42. The number of hydrogen-bond acceptors (Lipinski definition) is 5. The van der Waals surface area contributed by atoms with Gasteiger partial charge in [-0.25, -0.2) is 0 Å². The second-order valence-corrected chi connectivity index (χ2v) is 7.25. The van der Waals surface area contributed by atoms with Crippen LogP contribution in [0.25, 0.3) is 11.4 Å². The van der Waals surface area contributed by atoms with Crippen molar-refractivity contribution in [3.8, 4) is 11.4 Å². The maximum Gasteiger partial charge on any atom is 0.251 e. The van der Waals surface area contributed by atoms with E-state index in [0.29, 0.717) is 22.6 Å². The number of nitrogens with zero attached hydrogens (tertiary/aromatic N) is 5. The van der Waals surface area contributed by atoms with E-state index in [1.54, 1.807) is 42.5 Å². The van der Waals surface area contributed by atoms with E-state index in [1.165, 1.54) is 0 Å². The number of aromatic nitrogens is 5. The van der Waals surface area contributed by atoms with Crippen molar-refractivity contribution >= 4 is 37.8 Å². The molecule has 1 atom stereocenters. The number of halogens is 2. The number of hydrogen-bond donors (Lipinski definition) is 1. The van der Waals surface area contributed by atoms with Gasteiger partial charge in [-0.3, -0.25) is 19.4 Å². The Kier molecular flexibility index (Phi) is 5.24. The molecule has 3 rings (SSSR count). The molecule has 0 aliphatic rings. The van der Waals surface area contributed by atoms with E-state index < -0.39 is 0 Å². The molecule has 0 radical (unpaired) electrons. The minimum Gasteiger partial charge on any atom is -0.344 e. The Hall–Kier alpha value is -2.13. The lowest BCUT2D eigenvalue weighted by Crippen LogP contribution is -2.27. The molecule has 0 bridgehead atoms. The monoisotopic (exact) mass is 464 g/mol. The summed E-state index contributed by atoms with van der Waals surface area (Å²) < 4.78 is 3.23. The van der Waals surface area contributed by atoms with Gasteiger partial charge in [0, 0.05) is 34.0 Å². The maximum atomic E-state index is 12.6. The predicted molar refractivity (Wildman–Crippen MR) is 99.8 cm³/mol. The lowest BCUT2D eigenvalue weighted by molar-refractivity contribution is 0.0939. The van der Waals surface area contributed by atoms with Gasteiger partial charge in [-0.05, 0) is 25.1 Å². The molecule has 1 aromatic carbocycles. The van der Waals surface area contributed by atoms with Gasteiger partial charge < -0.3 is 5.32 Å². The summed E-state index contributed by atoms with van der Waals surface area (Å²) in [6, 6.07) is 5.03. The van der Waals surface area contributed by atoms with Crippen LogP contribution in [0, 0.1) is 0 Å². The molecular weight excluding hydrogens is 452 g/mol. The highest BCUT2D eigenvalue weighted by atomic mass is 79.9. The fourth-order valence-corrected chi connectivity index (χ4v) is 3.65. The van der Waals surface area contributed by atoms with Gasteiger partial charge in [-0.2, -0.15) is 0 Å². The Morgan fingerprint density at radius 2 is 1.84 bits per heavy atom. The molecule has 2 aromatic heterocycles. The molecule has 0 saturated heterocycles. The predicted octanol–water partition coefficient (Wildman–Crippen LogP) is 3.29. The van der Waals surface area contributed by atoms with Gasteiger partial charge in [0.05, 0.1) is 17.9 Å². The Bertz CT molecular complexity index is 906. The van der Waals surface area contributed by atoms with Crippen molar-refractivity contribution in [2.24, 2.45) is 7.05 Å². The number of carbonyl (C=O) groups excluding carboxylic acids is 1. The molecule has 1 unspecified atom stereocenters. The Morgan fingerprint density at radius 3 is 2.48 bits per heavy atom. The average Bonchev–Trinajstić information content (AvgIpc) is 3.00. The summed E-state index contributed by atoms with van der Waals surface area (Å²) in [4.78, 5) is 21.3. The van der Waals surface area contributed by atoms with Gasteiger partial charge in [0.15, 0.2) is 0 Å². The second kappa shape index (κ2) is 7.40. The molecule has 1 N–H and O–H groups in total. The molecule has 0 fully saturated rings. The zero-order chi connectivity index (χ0) is 18.0. The molecular formula is C16H14Br2N6O. The molecule has 0 saturated carbocycles. The zero-order valence-electron chi connectivity index (χ0n) is 13.4. The van der Waals surface area contributed by atoms with Gasteiger partial charge in [-0.1, -0.05) is 37.1 Å². The molecule has 3 aromatic rings. The fraction of sp³-hybridized carbons (Fsp3) is 0.188. The van der Waals surface area contributed by atoms with Crippen LogP contribution in [0.15, 0.2) is 45.7 Å². The lowest BCUT2D eigenvalue weighted by Gasteiger charge is -2.15. The third kappa shape index (κ3) is 4.10. The van der Waals surface area contributed by atoms with Crippen molar-refractivity contribution in [3.63, 3.8) is 0 Å². The highest BCUT2D eigenvalue weighted by Gasteiger charge is 2.19. The number of carbonyl (C=O) groups is 1. The third-order valence-electron chi connectivity index (χ3n) is 3.45. The van der Waals surface area contributed by atoms with Crippen LogP contribution in [0.4, 0.5) is 0 Å². The number of benzene rings is 1. The molecule has 2 heterocycles. The SMILES string of the molecule is CC(NC(=O)c1cc(Br)cc(Br)c1)c1nccnc1-c1cn(C)nn1. The van der Waals surface area contributed by atoms with Crippen LogP contribution in [0.3, 0.4) is 0 Å². The van der Waals surface area contributed by atoms with E-state index in [-0.39, 0.29) is 11.9 Å². The third-order valence-corrected chi connectivity index (χ3v) is 4.37. The molecule has 0 aliphatic carbocycles. The molecule has 0 spiro atoms. The summed E-state index contributed by atoms with van der Waals surface area (Å²) in [6.07, 6.45) is 4.94. The largest absolute Gasteiger partial charge is 0.344 e. The van der Waals surface area contributed by atoms with Crippen LogP contribution in [0.2, 0.25) is 0 Å². The van der Waals surface area contributed by atoms with E-state index in [9.17, 15) is 4.79 Å². The number of amides is 1. The first-order valence-electron chi connectivity index (χ1n) is 7.38. The van der Waals surface area contributed by atoms with Crippen molar-refractivity contribution in [2.75, 3.05) is 0 Å². The highest BCUT2D eigenvalue weighted by Crippen LogP contribution is 2.24.